The molecule has 0 atom stereocenters. The highest BCUT2D eigenvalue weighted by Crippen LogP contribution is 2.25. The van der Waals surface area contributed by atoms with Gasteiger partial charge in [0.05, 0.1) is 17.9 Å². The molecule has 1 aliphatic heterocycles. The summed E-state index contributed by atoms with van der Waals surface area (Å²) in [6.45, 7) is 1.35. The summed E-state index contributed by atoms with van der Waals surface area (Å²) in [6, 6.07) is 8.26. The minimum Gasteiger partial charge on any atom is -0.324 e. The molecule has 1 fully saturated rings. The molecular weight excluding hydrogens is 353 g/mol. The lowest BCUT2D eigenvalue weighted by molar-refractivity contribution is 0.179. The molecule has 3 aromatic rings. The Morgan fingerprint density at radius 1 is 1.19 bits per heavy atom. The lowest BCUT2D eigenvalue weighted by Crippen LogP contribution is -2.41. The van der Waals surface area contributed by atoms with Crippen LogP contribution in [0.1, 0.15) is 18.9 Å². The van der Waals surface area contributed by atoms with Crippen molar-refractivity contribution in [3.8, 4) is 11.3 Å². The van der Waals surface area contributed by atoms with E-state index in [-0.39, 0.29) is 17.9 Å². The Kier molecular flexibility index (Phi) is 4.66. The third kappa shape index (κ3) is 3.60. The zero-order valence-electron chi connectivity index (χ0n) is 14.0. The molecule has 1 saturated heterocycles. The van der Waals surface area contributed by atoms with Crippen LogP contribution in [0.15, 0.2) is 47.3 Å². The highest BCUT2D eigenvalue weighted by Gasteiger charge is 2.25. The molecule has 2 aromatic heterocycles. The maximum Gasteiger partial charge on any atom is 0.321 e. The Morgan fingerprint density at radius 2 is 1.96 bits per heavy atom. The van der Waals surface area contributed by atoms with E-state index in [9.17, 15) is 9.18 Å². The van der Waals surface area contributed by atoms with Crippen LogP contribution >= 0.6 is 11.3 Å². The fourth-order valence-electron chi connectivity index (χ4n) is 3.08. The maximum absolute atomic E-state index is 13.0. The van der Waals surface area contributed by atoms with Crippen molar-refractivity contribution in [1.29, 1.82) is 0 Å². The summed E-state index contributed by atoms with van der Waals surface area (Å²) in [5.74, 6) is -0.269. The molecule has 1 N–H and O–H groups in total. The van der Waals surface area contributed by atoms with E-state index >= 15 is 0 Å². The van der Waals surface area contributed by atoms with E-state index in [4.69, 9.17) is 0 Å². The molecule has 2 amide bonds. The van der Waals surface area contributed by atoms with Crippen LogP contribution in [0.2, 0.25) is 0 Å². The molecular formula is C18H18FN5OS. The molecule has 0 saturated carbocycles. The van der Waals surface area contributed by atoms with Crippen LogP contribution in [0.25, 0.3) is 11.3 Å². The van der Waals surface area contributed by atoms with E-state index in [1.54, 1.807) is 23.5 Å². The second kappa shape index (κ2) is 7.25. The molecule has 134 valence electrons. The van der Waals surface area contributed by atoms with Crippen molar-refractivity contribution in [3.63, 3.8) is 0 Å². The van der Waals surface area contributed by atoms with Crippen molar-refractivity contribution in [2.24, 2.45) is 0 Å². The lowest BCUT2D eigenvalue weighted by atomic mass is 10.1. The molecule has 0 spiro atoms. The first-order valence-corrected chi connectivity index (χ1v) is 9.39. The number of carbonyl (C=O) groups is 1. The number of thiophene rings is 1. The minimum atomic E-state index is -0.269. The molecule has 1 aromatic carbocycles. The van der Waals surface area contributed by atoms with Gasteiger partial charge in [-0.1, -0.05) is 5.21 Å². The number of amides is 2. The van der Waals surface area contributed by atoms with Crippen LogP contribution < -0.4 is 5.32 Å². The highest BCUT2D eigenvalue weighted by atomic mass is 32.1. The zero-order chi connectivity index (χ0) is 17.9. The van der Waals surface area contributed by atoms with Gasteiger partial charge in [0, 0.05) is 24.0 Å². The number of aromatic nitrogens is 3. The van der Waals surface area contributed by atoms with Crippen LogP contribution in [-0.4, -0.2) is 39.0 Å². The highest BCUT2D eigenvalue weighted by molar-refractivity contribution is 7.08. The Hall–Kier alpha value is -2.74. The largest absolute Gasteiger partial charge is 0.324 e. The SMILES string of the molecule is O=C(Nc1ccsc1)N1CCC(n2cc(-c3ccc(F)cc3)nn2)CC1. The van der Waals surface area contributed by atoms with Gasteiger partial charge in [0.2, 0.25) is 0 Å². The number of urea groups is 1. The van der Waals surface area contributed by atoms with E-state index in [1.165, 1.54) is 12.1 Å². The van der Waals surface area contributed by atoms with Gasteiger partial charge in [0.15, 0.2) is 0 Å². The number of carbonyl (C=O) groups excluding carboxylic acids is 1. The lowest BCUT2D eigenvalue weighted by Gasteiger charge is -2.31. The molecule has 26 heavy (non-hydrogen) atoms. The standard InChI is InChI=1S/C18H18FN5OS/c19-14-3-1-13(2-4-14)17-11-24(22-21-17)16-5-8-23(9-6-16)18(25)20-15-7-10-26-12-15/h1-4,7,10-12,16H,5-6,8-9H2,(H,20,25). The summed E-state index contributed by atoms with van der Waals surface area (Å²) in [5.41, 5.74) is 2.40. The Morgan fingerprint density at radius 3 is 2.65 bits per heavy atom. The molecule has 4 rings (SSSR count). The molecule has 3 heterocycles. The van der Waals surface area contributed by atoms with E-state index in [0.717, 1.165) is 29.8 Å². The molecule has 1 aliphatic rings. The van der Waals surface area contributed by atoms with Crippen LogP contribution in [0, 0.1) is 5.82 Å². The second-order valence-corrected chi connectivity index (χ2v) is 7.03. The number of benzene rings is 1. The van der Waals surface area contributed by atoms with Crippen molar-refractivity contribution in [3.05, 3.63) is 53.1 Å². The van der Waals surface area contributed by atoms with Gasteiger partial charge >= 0.3 is 6.03 Å². The number of nitrogens with zero attached hydrogens (tertiary/aromatic N) is 4. The first-order chi connectivity index (χ1) is 12.7. The summed E-state index contributed by atoms with van der Waals surface area (Å²) < 4.78 is 14.9. The number of hydrogen-bond acceptors (Lipinski definition) is 4. The monoisotopic (exact) mass is 371 g/mol. The molecule has 0 bridgehead atoms. The van der Waals surface area contributed by atoms with E-state index < -0.39 is 0 Å². The summed E-state index contributed by atoms with van der Waals surface area (Å²) >= 11 is 1.55. The number of nitrogens with one attached hydrogen (secondary N) is 1. The fraction of sp³-hybridized carbons (Fsp3) is 0.278. The first-order valence-electron chi connectivity index (χ1n) is 8.45. The molecule has 6 nitrogen and oxygen atoms in total. The Balaban J connectivity index is 1.36. The van der Waals surface area contributed by atoms with E-state index in [1.807, 2.05) is 32.6 Å². The van der Waals surface area contributed by atoms with Gasteiger partial charge in [-0.15, -0.1) is 5.10 Å². The number of halogens is 1. The van der Waals surface area contributed by atoms with Crippen LogP contribution in [0.5, 0.6) is 0 Å². The van der Waals surface area contributed by atoms with Gasteiger partial charge in [-0.25, -0.2) is 13.9 Å². The molecule has 0 aliphatic carbocycles. The van der Waals surface area contributed by atoms with Gasteiger partial charge in [-0.2, -0.15) is 11.3 Å². The molecule has 0 radical (unpaired) electrons. The second-order valence-electron chi connectivity index (χ2n) is 6.25. The zero-order valence-corrected chi connectivity index (χ0v) is 14.8. The van der Waals surface area contributed by atoms with Gasteiger partial charge < -0.3 is 10.2 Å². The third-order valence-electron chi connectivity index (χ3n) is 4.55. The van der Waals surface area contributed by atoms with Crippen LogP contribution in [0.4, 0.5) is 14.9 Å². The summed E-state index contributed by atoms with van der Waals surface area (Å²) in [4.78, 5) is 14.1. The number of piperidine rings is 1. The number of rotatable bonds is 3. The van der Waals surface area contributed by atoms with Crippen molar-refractivity contribution in [2.45, 2.75) is 18.9 Å². The smallest absolute Gasteiger partial charge is 0.321 e. The van der Waals surface area contributed by atoms with Gasteiger partial charge in [0.1, 0.15) is 11.5 Å². The molecule has 8 heteroatoms. The minimum absolute atomic E-state index is 0.0626. The van der Waals surface area contributed by atoms with Crippen LogP contribution in [-0.2, 0) is 0 Å². The fourth-order valence-corrected chi connectivity index (χ4v) is 3.67. The predicted molar refractivity (Wildman–Crippen MR) is 98.6 cm³/mol. The Bertz CT molecular complexity index is 869. The number of likely N-dealkylation sites (tertiary alicyclic amines) is 1. The van der Waals surface area contributed by atoms with Crippen LogP contribution in [0.3, 0.4) is 0 Å². The average molecular weight is 371 g/mol. The first kappa shape index (κ1) is 16.7. The average Bonchev–Trinajstić information content (AvgIpc) is 3.34. The normalized spacial score (nSPS) is 15.2. The van der Waals surface area contributed by atoms with Crippen molar-refractivity contribution < 1.29 is 9.18 Å². The number of hydrogen-bond donors (Lipinski definition) is 1. The van der Waals surface area contributed by atoms with Gasteiger partial charge in [-0.3, -0.25) is 0 Å². The van der Waals surface area contributed by atoms with E-state index in [2.05, 4.69) is 15.6 Å². The topological polar surface area (TPSA) is 63.1 Å². The van der Waals surface area contributed by atoms with Crippen molar-refractivity contribution in [2.75, 3.05) is 18.4 Å². The van der Waals surface area contributed by atoms with Crippen molar-refractivity contribution >= 4 is 23.1 Å². The van der Waals surface area contributed by atoms with E-state index in [0.29, 0.717) is 13.1 Å². The predicted octanol–water partition coefficient (Wildman–Crippen LogP) is 4.01. The van der Waals surface area contributed by atoms with Crippen molar-refractivity contribution in [1.82, 2.24) is 19.9 Å². The summed E-state index contributed by atoms with van der Waals surface area (Å²) in [6.07, 6.45) is 3.53. The maximum atomic E-state index is 13.0. The summed E-state index contributed by atoms with van der Waals surface area (Å²) in [5, 5.41) is 15.2. The van der Waals surface area contributed by atoms with Gasteiger partial charge in [-0.05, 0) is 48.6 Å². The number of anilines is 1. The molecule has 0 unspecified atom stereocenters. The summed E-state index contributed by atoms with van der Waals surface area (Å²) in [7, 11) is 0. The quantitative estimate of drug-likeness (QED) is 0.756. The Labute approximate surface area is 154 Å². The van der Waals surface area contributed by atoms with Gasteiger partial charge in [0.25, 0.3) is 0 Å². The third-order valence-corrected chi connectivity index (χ3v) is 5.23.